The topological polar surface area (TPSA) is 73.7 Å². The molecule has 26 heavy (non-hydrogen) atoms. The normalized spacial score (nSPS) is 23.3. The third-order valence-corrected chi connectivity index (χ3v) is 6.64. The number of rotatable bonds is 7. The Hall–Kier alpha value is -1.11. The molecule has 4 unspecified atom stereocenters. The molecule has 1 aromatic rings. The molecule has 0 saturated heterocycles. The zero-order valence-electron chi connectivity index (χ0n) is 15.6. The maximum absolute atomic E-state index is 12.1. The highest BCUT2D eigenvalue weighted by Gasteiger charge is 2.26. The SMILES string of the molecule is CCNC(=NCC(O)c1ccc(Cl)cc1)NC1CCCC(S(=O)CC)C1. The number of nitrogens with zero attached hydrogens (tertiary/aromatic N) is 1. The zero-order valence-corrected chi connectivity index (χ0v) is 17.2. The fourth-order valence-corrected chi connectivity index (χ4v) is 4.71. The third kappa shape index (κ3) is 6.56. The van der Waals surface area contributed by atoms with Gasteiger partial charge < -0.3 is 15.7 Å². The fourth-order valence-electron chi connectivity index (χ4n) is 3.23. The number of nitrogens with one attached hydrogen (secondary N) is 2. The van der Waals surface area contributed by atoms with E-state index >= 15 is 0 Å². The molecule has 0 bridgehead atoms. The summed E-state index contributed by atoms with van der Waals surface area (Å²) in [6.45, 7) is 5.02. The maximum atomic E-state index is 12.1. The van der Waals surface area contributed by atoms with Gasteiger partial charge in [-0.3, -0.25) is 9.20 Å². The number of hydrogen-bond acceptors (Lipinski definition) is 3. The van der Waals surface area contributed by atoms with Crippen LogP contribution in [0.2, 0.25) is 5.02 Å². The highest BCUT2D eigenvalue weighted by Crippen LogP contribution is 2.23. The van der Waals surface area contributed by atoms with Gasteiger partial charge in [0.05, 0.1) is 12.6 Å². The van der Waals surface area contributed by atoms with Gasteiger partial charge in [0.1, 0.15) is 0 Å². The molecule has 5 nitrogen and oxygen atoms in total. The van der Waals surface area contributed by atoms with Crippen LogP contribution < -0.4 is 10.6 Å². The van der Waals surface area contributed by atoms with Crippen molar-refractivity contribution in [3.05, 3.63) is 34.9 Å². The molecule has 3 N–H and O–H groups in total. The minimum Gasteiger partial charge on any atom is -0.386 e. The second-order valence-electron chi connectivity index (χ2n) is 6.59. The zero-order chi connectivity index (χ0) is 18.9. The van der Waals surface area contributed by atoms with Gasteiger partial charge in [-0.05, 0) is 43.9 Å². The monoisotopic (exact) mass is 399 g/mol. The van der Waals surface area contributed by atoms with E-state index in [0.717, 1.165) is 43.5 Å². The van der Waals surface area contributed by atoms with E-state index in [1.54, 1.807) is 12.1 Å². The summed E-state index contributed by atoms with van der Waals surface area (Å²) in [6, 6.07) is 7.44. The van der Waals surface area contributed by atoms with Crippen molar-refractivity contribution in [2.24, 2.45) is 4.99 Å². The van der Waals surface area contributed by atoms with E-state index in [9.17, 15) is 9.32 Å². The first-order valence-corrected chi connectivity index (χ1v) is 11.1. The maximum Gasteiger partial charge on any atom is 0.191 e. The van der Waals surface area contributed by atoms with E-state index in [2.05, 4.69) is 15.6 Å². The Labute approximate surface area is 164 Å². The average molecular weight is 400 g/mol. The van der Waals surface area contributed by atoms with Gasteiger partial charge in [0, 0.05) is 39.4 Å². The van der Waals surface area contributed by atoms with E-state index in [0.29, 0.717) is 11.0 Å². The summed E-state index contributed by atoms with van der Waals surface area (Å²) in [6.07, 6.45) is 3.42. The van der Waals surface area contributed by atoms with E-state index < -0.39 is 16.9 Å². The lowest BCUT2D eigenvalue weighted by Crippen LogP contribution is -2.46. The molecule has 2 rings (SSSR count). The Morgan fingerprint density at radius 1 is 1.35 bits per heavy atom. The van der Waals surface area contributed by atoms with Gasteiger partial charge in [0.2, 0.25) is 0 Å². The molecule has 146 valence electrons. The van der Waals surface area contributed by atoms with Crippen LogP contribution in [0.25, 0.3) is 0 Å². The van der Waals surface area contributed by atoms with Crippen LogP contribution in [0.4, 0.5) is 0 Å². The van der Waals surface area contributed by atoms with Gasteiger partial charge in [-0.25, -0.2) is 0 Å². The summed E-state index contributed by atoms with van der Waals surface area (Å²) < 4.78 is 12.1. The Morgan fingerprint density at radius 2 is 2.08 bits per heavy atom. The largest absolute Gasteiger partial charge is 0.386 e. The van der Waals surface area contributed by atoms with E-state index in [1.165, 1.54) is 0 Å². The number of guanidine groups is 1. The molecular formula is C19H30ClN3O2S. The molecule has 7 heteroatoms. The van der Waals surface area contributed by atoms with Crippen LogP contribution in [0.15, 0.2) is 29.3 Å². The second kappa shape index (κ2) is 10.9. The Morgan fingerprint density at radius 3 is 2.73 bits per heavy atom. The van der Waals surface area contributed by atoms with Gasteiger partial charge in [-0.1, -0.05) is 37.1 Å². The minimum absolute atomic E-state index is 0.272. The lowest BCUT2D eigenvalue weighted by atomic mass is 9.95. The first kappa shape index (κ1) is 21.2. The van der Waals surface area contributed by atoms with Gasteiger partial charge in [-0.2, -0.15) is 0 Å². The van der Waals surface area contributed by atoms with Crippen LogP contribution in [0, 0.1) is 0 Å². The van der Waals surface area contributed by atoms with Crippen molar-refractivity contribution in [2.45, 2.75) is 56.9 Å². The van der Waals surface area contributed by atoms with Crippen molar-refractivity contribution in [2.75, 3.05) is 18.8 Å². The summed E-state index contributed by atoms with van der Waals surface area (Å²) in [7, 11) is -0.742. The third-order valence-electron chi connectivity index (χ3n) is 4.64. The van der Waals surface area contributed by atoms with Crippen molar-refractivity contribution in [3.63, 3.8) is 0 Å². The fraction of sp³-hybridized carbons (Fsp3) is 0.632. The number of aliphatic hydroxyl groups is 1. The Balaban J connectivity index is 1.95. The average Bonchev–Trinajstić information content (AvgIpc) is 2.66. The first-order valence-electron chi connectivity index (χ1n) is 9.39. The summed E-state index contributed by atoms with van der Waals surface area (Å²) >= 11 is 5.89. The predicted octanol–water partition coefficient (Wildman–Crippen LogP) is 3.01. The smallest absolute Gasteiger partial charge is 0.191 e. The summed E-state index contributed by atoms with van der Waals surface area (Å²) in [5.74, 6) is 1.42. The summed E-state index contributed by atoms with van der Waals surface area (Å²) in [4.78, 5) is 4.53. The molecule has 1 aliphatic carbocycles. The minimum atomic E-state index is -0.742. The van der Waals surface area contributed by atoms with Gasteiger partial charge in [0.25, 0.3) is 0 Å². The second-order valence-corrected chi connectivity index (χ2v) is 9.03. The Kier molecular flexibility index (Phi) is 8.88. The van der Waals surface area contributed by atoms with E-state index in [1.807, 2.05) is 26.0 Å². The van der Waals surface area contributed by atoms with E-state index in [-0.39, 0.29) is 17.8 Å². The molecule has 0 heterocycles. The van der Waals surface area contributed by atoms with Crippen LogP contribution >= 0.6 is 11.6 Å². The summed E-state index contributed by atoms with van der Waals surface area (Å²) in [5, 5.41) is 17.9. The van der Waals surface area contributed by atoms with Crippen LogP contribution in [0.1, 0.15) is 51.2 Å². The molecule has 1 aliphatic rings. The van der Waals surface area contributed by atoms with Crippen molar-refractivity contribution < 1.29 is 9.32 Å². The predicted molar refractivity (Wildman–Crippen MR) is 110 cm³/mol. The molecular weight excluding hydrogens is 370 g/mol. The number of hydrogen-bond donors (Lipinski definition) is 3. The number of aliphatic imine (C=N–C) groups is 1. The van der Waals surface area contributed by atoms with Gasteiger partial charge in [-0.15, -0.1) is 0 Å². The highest BCUT2D eigenvalue weighted by atomic mass is 35.5. The van der Waals surface area contributed by atoms with Crippen LogP contribution in [0.3, 0.4) is 0 Å². The summed E-state index contributed by atoms with van der Waals surface area (Å²) in [5.41, 5.74) is 0.796. The lowest BCUT2D eigenvalue weighted by molar-refractivity contribution is 0.187. The molecule has 0 aliphatic heterocycles. The molecule has 1 saturated carbocycles. The number of benzene rings is 1. The van der Waals surface area contributed by atoms with Crippen molar-refractivity contribution >= 4 is 28.4 Å². The van der Waals surface area contributed by atoms with Crippen molar-refractivity contribution in [1.29, 1.82) is 0 Å². The highest BCUT2D eigenvalue weighted by molar-refractivity contribution is 7.85. The standard InChI is InChI=1S/C19H30ClN3O2S/c1-3-21-19(22-13-18(24)14-8-10-15(20)11-9-14)23-16-6-5-7-17(12-16)26(25)4-2/h8-11,16-18,24H,3-7,12-13H2,1-2H3,(H2,21,22,23). The van der Waals surface area contributed by atoms with Gasteiger partial charge >= 0.3 is 0 Å². The van der Waals surface area contributed by atoms with Crippen LogP contribution in [-0.2, 0) is 10.8 Å². The molecule has 4 atom stereocenters. The molecule has 1 aromatic carbocycles. The van der Waals surface area contributed by atoms with Crippen LogP contribution in [-0.4, -0.2) is 45.4 Å². The Bertz CT molecular complexity index is 609. The molecule has 0 radical (unpaired) electrons. The van der Waals surface area contributed by atoms with Crippen LogP contribution in [0.5, 0.6) is 0 Å². The molecule has 0 aromatic heterocycles. The van der Waals surface area contributed by atoms with Gasteiger partial charge in [0.15, 0.2) is 5.96 Å². The molecule has 0 amide bonds. The molecule has 1 fully saturated rings. The molecule has 0 spiro atoms. The first-order chi connectivity index (χ1) is 12.5. The van der Waals surface area contributed by atoms with Crippen molar-refractivity contribution in [3.8, 4) is 0 Å². The number of aliphatic hydroxyl groups excluding tert-OH is 1. The number of halogens is 1. The lowest BCUT2D eigenvalue weighted by Gasteiger charge is -2.30. The van der Waals surface area contributed by atoms with E-state index in [4.69, 9.17) is 11.6 Å². The van der Waals surface area contributed by atoms with Crippen molar-refractivity contribution in [1.82, 2.24) is 10.6 Å². The quantitative estimate of drug-likeness (QED) is 0.486.